The van der Waals surface area contributed by atoms with Gasteiger partial charge in [-0.25, -0.2) is 4.79 Å². The normalized spacial score (nSPS) is 17.0. The fraction of sp³-hybridized carbons (Fsp3) is 0.233. The number of aliphatic hydroxyl groups excluding tert-OH is 1. The van der Waals surface area contributed by atoms with Crippen LogP contribution in [0, 0.1) is 0 Å². The van der Waals surface area contributed by atoms with Gasteiger partial charge in [-0.2, -0.15) is 0 Å². The first-order valence-electron chi connectivity index (χ1n) is 11.9. The molecule has 1 fully saturated rings. The molecule has 0 aliphatic carbocycles. The molecule has 3 aromatic carbocycles. The van der Waals surface area contributed by atoms with Gasteiger partial charge in [-0.15, -0.1) is 0 Å². The molecule has 1 N–H and O–H groups in total. The Hall–Kier alpha value is -4.10. The summed E-state index contributed by atoms with van der Waals surface area (Å²) in [6, 6.07) is 17.4. The fourth-order valence-electron chi connectivity index (χ4n) is 4.44. The summed E-state index contributed by atoms with van der Waals surface area (Å²) in [4.78, 5) is 40.4. The molecule has 1 atom stereocenters. The molecule has 7 nitrogen and oxygen atoms in total. The van der Waals surface area contributed by atoms with Crippen LogP contribution in [0.3, 0.4) is 0 Å². The van der Waals surface area contributed by atoms with E-state index in [1.807, 2.05) is 24.3 Å². The highest BCUT2D eigenvalue weighted by Gasteiger charge is 2.47. The molecule has 1 aliphatic heterocycles. The molecule has 1 aliphatic rings. The van der Waals surface area contributed by atoms with Gasteiger partial charge in [0.15, 0.2) is 0 Å². The van der Waals surface area contributed by atoms with Crippen LogP contribution in [0.4, 0.5) is 5.69 Å². The van der Waals surface area contributed by atoms with Crippen molar-refractivity contribution in [1.82, 2.24) is 0 Å². The number of hydrogen-bond donors (Lipinski definition) is 1. The lowest BCUT2D eigenvalue weighted by molar-refractivity contribution is -0.132. The first-order chi connectivity index (χ1) is 18.0. The van der Waals surface area contributed by atoms with Gasteiger partial charge in [0.1, 0.15) is 11.5 Å². The summed E-state index contributed by atoms with van der Waals surface area (Å²) in [6.07, 6.45) is 0. The predicted molar refractivity (Wildman–Crippen MR) is 146 cm³/mol. The van der Waals surface area contributed by atoms with E-state index in [1.165, 1.54) is 31.3 Å². The van der Waals surface area contributed by atoms with Gasteiger partial charge >= 0.3 is 5.97 Å². The highest BCUT2D eigenvalue weighted by Crippen LogP contribution is 2.43. The number of benzene rings is 3. The maximum Gasteiger partial charge on any atom is 0.337 e. The van der Waals surface area contributed by atoms with Crippen LogP contribution in [0.5, 0.6) is 5.75 Å². The van der Waals surface area contributed by atoms with Gasteiger partial charge in [-0.3, -0.25) is 14.5 Å². The van der Waals surface area contributed by atoms with Crippen molar-refractivity contribution in [3.05, 3.63) is 99.6 Å². The first kappa shape index (κ1) is 26.9. The standard InChI is InChI=1S/C30H28ClNO6/c1-30(2,3)20-12-9-17(10-13-20)25-24(26(33)18-11-14-22(31)23(16-18)37-4)27(34)28(35)32(25)21-8-6-7-19(15-21)29(36)38-5/h6-16,25,33H,1-5H3/b26-24+. The van der Waals surface area contributed by atoms with E-state index in [0.717, 1.165) is 5.56 Å². The molecule has 8 heteroatoms. The van der Waals surface area contributed by atoms with Crippen LogP contribution in [-0.2, 0) is 19.7 Å². The van der Waals surface area contributed by atoms with Crippen LogP contribution in [-0.4, -0.2) is 37.0 Å². The zero-order chi connectivity index (χ0) is 27.8. The van der Waals surface area contributed by atoms with Gasteiger partial charge in [0.25, 0.3) is 11.7 Å². The number of Topliss-reactive ketones (excluding diaryl/α,β-unsaturated/α-hetero) is 1. The number of carbonyl (C=O) groups is 3. The number of rotatable bonds is 5. The number of anilines is 1. The lowest BCUT2D eigenvalue weighted by Gasteiger charge is -2.27. The molecular formula is C30H28ClNO6. The largest absolute Gasteiger partial charge is 0.507 e. The van der Waals surface area contributed by atoms with Crippen LogP contribution < -0.4 is 9.64 Å². The number of halogens is 1. The van der Waals surface area contributed by atoms with E-state index in [4.69, 9.17) is 21.1 Å². The second-order valence-electron chi connectivity index (χ2n) is 9.93. The van der Waals surface area contributed by atoms with E-state index >= 15 is 0 Å². The van der Waals surface area contributed by atoms with Crippen LogP contribution >= 0.6 is 11.6 Å². The van der Waals surface area contributed by atoms with Crippen LogP contribution in [0.15, 0.2) is 72.3 Å². The third kappa shape index (κ3) is 4.89. The topological polar surface area (TPSA) is 93.1 Å². The summed E-state index contributed by atoms with van der Waals surface area (Å²) in [6.45, 7) is 6.25. The number of ketones is 1. The van der Waals surface area contributed by atoms with E-state index in [2.05, 4.69) is 20.8 Å². The Morgan fingerprint density at radius 1 is 0.947 bits per heavy atom. The molecule has 1 amide bonds. The van der Waals surface area contributed by atoms with Crippen LogP contribution in [0.2, 0.25) is 5.02 Å². The summed E-state index contributed by atoms with van der Waals surface area (Å²) in [5.41, 5.74) is 2.27. The SMILES string of the molecule is COC(=O)c1cccc(N2C(=O)C(=O)/C(=C(/O)c3ccc(Cl)c(OC)c3)C2c2ccc(C(C)(C)C)cc2)c1. The molecule has 38 heavy (non-hydrogen) atoms. The van der Waals surface area contributed by atoms with E-state index in [9.17, 15) is 19.5 Å². The number of aliphatic hydroxyl groups is 1. The molecule has 0 saturated carbocycles. The molecule has 0 spiro atoms. The second-order valence-corrected chi connectivity index (χ2v) is 10.3. The predicted octanol–water partition coefficient (Wildman–Crippen LogP) is 6.06. The highest BCUT2D eigenvalue weighted by atomic mass is 35.5. The second kappa shape index (κ2) is 10.3. The number of esters is 1. The Morgan fingerprint density at radius 3 is 2.24 bits per heavy atom. The summed E-state index contributed by atoms with van der Waals surface area (Å²) in [5, 5.41) is 11.7. The van der Waals surface area contributed by atoms with Crippen molar-refractivity contribution in [3.63, 3.8) is 0 Å². The number of ether oxygens (including phenoxy) is 2. The molecule has 1 unspecified atom stereocenters. The van der Waals surface area contributed by atoms with E-state index in [0.29, 0.717) is 22.0 Å². The smallest absolute Gasteiger partial charge is 0.337 e. The summed E-state index contributed by atoms with van der Waals surface area (Å²) in [5.74, 6) is -2.33. The zero-order valence-electron chi connectivity index (χ0n) is 21.7. The van der Waals surface area contributed by atoms with Crippen molar-refractivity contribution in [1.29, 1.82) is 0 Å². The van der Waals surface area contributed by atoms with Gasteiger partial charge in [0.2, 0.25) is 0 Å². The average molecular weight is 534 g/mol. The highest BCUT2D eigenvalue weighted by molar-refractivity contribution is 6.51. The quantitative estimate of drug-likeness (QED) is 0.185. The molecule has 4 rings (SSSR count). The van der Waals surface area contributed by atoms with Crippen molar-refractivity contribution in [2.45, 2.75) is 32.2 Å². The van der Waals surface area contributed by atoms with Gasteiger partial charge in [0.05, 0.1) is 36.4 Å². The maximum atomic E-state index is 13.5. The van der Waals surface area contributed by atoms with Gasteiger partial charge < -0.3 is 14.6 Å². The minimum Gasteiger partial charge on any atom is -0.507 e. The molecular weight excluding hydrogens is 506 g/mol. The van der Waals surface area contributed by atoms with Gasteiger partial charge in [-0.1, -0.05) is 62.7 Å². The third-order valence-electron chi connectivity index (χ3n) is 6.51. The lowest BCUT2D eigenvalue weighted by Crippen LogP contribution is -2.29. The Kier molecular flexibility index (Phi) is 7.33. The molecule has 0 radical (unpaired) electrons. The number of amides is 1. The minimum absolute atomic E-state index is 0.0913. The molecule has 3 aromatic rings. The van der Waals surface area contributed by atoms with E-state index < -0.39 is 23.7 Å². The van der Waals surface area contributed by atoms with Crippen molar-refractivity contribution >= 4 is 40.7 Å². The first-order valence-corrected chi connectivity index (χ1v) is 12.3. The third-order valence-corrected chi connectivity index (χ3v) is 6.82. The van der Waals surface area contributed by atoms with Crippen LogP contribution in [0.1, 0.15) is 53.9 Å². The molecule has 1 saturated heterocycles. The average Bonchev–Trinajstić information content (AvgIpc) is 3.17. The molecule has 0 bridgehead atoms. The zero-order valence-corrected chi connectivity index (χ0v) is 22.5. The van der Waals surface area contributed by atoms with Gasteiger partial charge in [0, 0.05) is 11.3 Å². The molecule has 0 aromatic heterocycles. The molecule has 1 heterocycles. The van der Waals surface area contributed by atoms with Crippen molar-refractivity contribution in [2.75, 3.05) is 19.1 Å². The number of carbonyl (C=O) groups excluding carboxylic acids is 3. The van der Waals surface area contributed by atoms with E-state index in [-0.39, 0.29) is 27.9 Å². The van der Waals surface area contributed by atoms with Gasteiger partial charge in [-0.05, 0) is 52.9 Å². The van der Waals surface area contributed by atoms with Crippen molar-refractivity contribution < 1.29 is 29.0 Å². The Balaban J connectivity index is 1.95. The summed E-state index contributed by atoms with van der Waals surface area (Å²) in [7, 11) is 2.70. The lowest BCUT2D eigenvalue weighted by atomic mass is 9.85. The summed E-state index contributed by atoms with van der Waals surface area (Å²) < 4.78 is 10.1. The van der Waals surface area contributed by atoms with Crippen molar-refractivity contribution in [2.24, 2.45) is 0 Å². The maximum absolute atomic E-state index is 13.5. The fourth-order valence-corrected chi connectivity index (χ4v) is 4.64. The van der Waals surface area contributed by atoms with Crippen molar-refractivity contribution in [3.8, 4) is 5.75 Å². The van der Waals surface area contributed by atoms with Crippen LogP contribution in [0.25, 0.3) is 5.76 Å². The van der Waals surface area contributed by atoms with E-state index in [1.54, 1.807) is 30.3 Å². The Bertz CT molecular complexity index is 1450. The Morgan fingerprint density at radius 2 is 1.63 bits per heavy atom. The summed E-state index contributed by atoms with van der Waals surface area (Å²) >= 11 is 6.15. The minimum atomic E-state index is -0.960. The number of nitrogens with zero attached hydrogens (tertiary/aromatic N) is 1. The monoisotopic (exact) mass is 533 g/mol. The Labute approximate surface area is 226 Å². The number of hydrogen-bond acceptors (Lipinski definition) is 6. The number of methoxy groups -OCH3 is 2. The molecule has 196 valence electrons.